The maximum Gasteiger partial charge on any atom is 0.323 e. The van der Waals surface area contributed by atoms with Gasteiger partial charge in [-0.3, -0.25) is 9.36 Å². The predicted octanol–water partition coefficient (Wildman–Crippen LogP) is 7.48. The predicted molar refractivity (Wildman–Crippen MR) is 191 cm³/mol. The van der Waals surface area contributed by atoms with Gasteiger partial charge in [0.15, 0.2) is 0 Å². The summed E-state index contributed by atoms with van der Waals surface area (Å²) in [6.45, 7) is 10.1. The van der Waals surface area contributed by atoms with E-state index in [2.05, 4.69) is 66.3 Å². The molecule has 1 aliphatic rings. The van der Waals surface area contributed by atoms with Gasteiger partial charge in [0.05, 0.1) is 12.8 Å². The topological polar surface area (TPSA) is 91.7 Å². The molecule has 1 aromatic heterocycles. The van der Waals surface area contributed by atoms with Crippen molar-refractivity contribution in [1.29, 1.82) is 0 Å². The summed E-state index contributed by atoms with van der Waals surface area (Å²) in [6, 6.07) is 22.2. The molecule has 1 unspecified atom stereocenters. The lowest BCUT2D eigenvalue weighted by Gasteiger charge is -2.27. The van der Waals surface area contributed by atoms with Gasteiger partial charge in [0.25, 0.3) is 5.91 Å². The van der Waals surface area contributed by atoms with E-state index in [0.717, 1.165) is 71.8 Å². The van der Waals surface area contributed by atoms with Gasteiger partial charge < -0.3 is 24.2 Å². The molecule has 4 aromatic rings. The quantitative estimate of drug-likeness (QED) is 0.106. The molecule has 2 heterocycles. The van der Waals surface area contributed by atoms with Crippen LogP contribution in [-0.4, -0.2) is 52.9 Å². The zero-order valence-electron chi connectivity index (χ0n) is 27.9. The first kappa shape index (κ1) is 34.3. The van der Waals surface area contributed by atoms with Crippen LogP contribution in [0.1, 0.15) is 51.2 Å². The summed E-state index contributed by atoms with van der Waals surface area (Å²) in [5, 5.41) is 3.63. The zero-order chi connectivity index (χ0) is 33.2. The lowest BCUT2D eigenvalue weighted by Crippen LogP contribution is -2.29. The molecule has 1 amide bonds. The van der Waals surface area contributed by atoms with E-state index in [4.69, 9.17) is 9.47 Å². The second-order valence-corrected chi connectivity index (χ2v) is 13.7. The van der Waals surface area contributed by atoms with E-state index in [1.807, 2.05) is 49.5 Å². The van der Waals surface area contributed by atoms with Gasteiger partial charge in [-0.05, 0) is 77.9 Å². The second kappa shape index (κ2) is 16.7. The zero-order valence-corrected chi connectivity index (χ0v) is 28.7. The number of amides is 1. The number of benzene rings is 3. The summed E-state index contributed by atoms with van der Waals surface area (Å²) in [5.41, 5.74) is 6.69. The standard InChI is InChI=1S/C38H46N4O4S/c1-5-6-21-45-22-23-46-35-14-9-30(10-15-35)31-11-16-36-33(24-31)25-32(17-19-42(36)26-28(2)3)37(43)40-34-12-7-29(8-13-34)27-47(44)38-39-18-20-41(38)4/h7-16,18,20,24-25,28H,5-6,17,19,21-23,26-27H2,1-4H3,(H,40,43). The smallest absolute Gasteiger partial charge is 0.323 e. The van der Waals surface area contributed by atoms with Crippen LogP contribution in [0.25, 0.3) is 17.2 Å². The number of ether oxygens (including phenoxy) is 2. The number of fused-ring (bicyclic) bond motifs is 1. The van der Waals surface area contributed by atoms with Gasteiger partial charge in [-0.15, -0.1) is 0 Å². The van der Waals surface area contributed by atoms with Crippen molar-refractivity contribution >= 4 is 34.5 Å². The van der Waals surface area contributed by atoms with E-state index in [-0.39, 0.29) is 5.91 Å². The van der Waals surface area contributed by atoms with Crippen molar-refractivity contribution in [2.45, 2.75) is 50.9 Å². The molecule has 47 heavy (non-hydrogen) atoms. The van der Waals surface area contributed by atoms with Crippen molar-refractivity contribution in [3.63, 3.8) is 0 Å². The second-order valence-electron chi connectivity index (χ2n) is 12.3. The largest absolute Gasteiger partial charge is 0.609 e. The third-order valence-corrected chi connectivity index (χ3v) is 9.44. The first-order valence-electron chi connectivity index (χ1n) is 16.5. The van der Waals surface area contributed by atoms with Crippen LogP contribution in [0.2, 0.25) is 0 Å². The molecule has 9 heteroatoms. The molecule has 248 valence electrons. The average molecular weight is 655 g/mol. The van der Waals surface area contributed by atoms with Crippen molar-refractivity contribution in [1.82, 2.24) is 9.55 Å². The number of aromatic nitrogens is 2. The van der Waals surface area contributed by atoms with Crippen LogP contribution in [0.4, 0.5) is 11.4 Å². The maximum atomic E-state index is 13.6. The number of nitrogens with zero attached hydrogens (tertiary/aromatic N) is 3. The number of carbonyl (C=O) groups excluding carboxylic acids is 1. The fraction of sp³-hybridized carbons (Fsp3) is 0.368. The van der Waals surface area contributed by atoms with Gasteiger partial charge in [-0.2, -0.15) is 4.98 Å². The summed E-state index contributed by atoms with van der Waals surface area (Å²) < 4.78 is 26.0. The van der Waals surface area contributed by atoms with Crippen molar-refractivity contribution in [2.75, 3.05) is 43.1 Å². The molecule has 3 aromatic carbocycles. The normalized spacial score (nSPS) is 13.6. The van der Waals surface area contributed by atoms with Crippen molar-refractivity contribution < 1.29 is 18.8 Å². The van der Waals surface area contributed by atoms with E-state index in [1.54, 1.807) is 17.0 Å². The first-order chi connectivity index (χ1) is 22.8. The summed E-state index contributed by atoms with van der Waals surface area (Å²) in [7, 11) is 1.84. The van der Waals surface area contributed by atoms with E-state index in [9.17, 15) is 9.35 Å². The minimum atomic E-state index is -1.25. The number of rotatable bonds is 15. The number of nitrogens with one attached hydrogen (secondary N) is 1. The van der Waals surface area contributed by atoms with E-state index in [0.29, 0.717) is 42.1 Å². The summed E-state index contributed by atoms with van der Waals surface area (Å²) in [4.78, 5) is 20.2. The number of anilines is 2. The highest BCUT2D eigenvalue weighted by molar-refractivity contribution is 7.90. The Kier molecular flexibility index (Phi) is 12.2. The van der Waals surface area contributed by atoms with Gasteiger partial charge in [-0.1, -0.05) is 57.5 Å². The van der Waals surface area contributed by atoms with Crippen molar-refractivity contribution in [3.8, 4) is 16.9 Å². The highest BCUT2D eigenvalue weighted by Crippen LogP contribution is 2.34. The third-order valence-electron chi connectivity index (χ3n) is 8.04. The Morgan fingerprint density at radius 2 is 1.79 bits per heavy atom. The molecule has 0 saturated heterocycles. The van der Waals surface area contributed by atoms with Crippen LogP contribution < -0.4 is 15.0 Å². The highest BCUT2D eigenvalue weighted by Gasteiger charge is 2.21. The van der Waals surface area contributed by atoms with Crippen LogP contribution in [0.15, 0.2) is 89.9 Å². The van der Waals surface area contributed by atoms with Crippen LogP contribution in [0.5, 0.6) is 5.75 Å². The Bertz CT molecular complexity index is 1630. The number of aryl methyl sites for hydroxylation is 1. The number of hydrogen-bond donors (Lipinski definition) is 1. The van der Waals surface area contributed by atoms with E-state index in [1.165, 1.54) is 0 Å². The molecule has 1 N–H and O–H groups in total. The monoisotopic (exact) mass is 654 g/mol. The number of carbonyl (C=O) groups is 1. The van der Waals surface area contributed by atoms with Gasteiger partial charge >= 0.3 is 5.16 Å². The fourth-order valence-electron chi connectivity index (χ4n) is 5.58. The van der Waals surface area contributed by atoms with Crippen molar-refractivity contribution in [3.05, 3.63) is 95.8 Å². The van der Waals surface area contributed by atoms with E-state index >= 15 is 0 Å². The molecule has 0 fully saturated rings. The fourth-order valence-corrected chi connectivity index (χ4v) is 6.76. The average Bonchev–Trinajstić information content (AvgIpc) is 3.42. The third kappa shape index (κ3) is 9.50. The maximum absolute atomic E-state index is 13.6. The molecule has 0 saturated carbocycles. The minimum absolute atomic E-state index is 0.114. The van der Waals surface area contributed by atoms with Gasteiger partial charge in [0.1, 0.15) is 18.1 Å². The Hall–Kier alpha value is -4.05. The Labute approximate surface area is 282 Å². The van der Waals surface area contributed by atoms with Crippen molar-refractivity contribution in [2.24, 2.45) is 13.0 Å². The van der Waals surface area contributed by atoms with Crippen LogP contribution in [0, 0.1) is 5.92 Å². The highest BCUT2D eigenvalue weighted by atomic mass is 32.2. The SMILES string of the molecule is CCCCOCCOc1ccc(-c2ccc3c(c2)C=C(C(=O)Nc2ccc(C[S+]([O-])c4nccn4C)cc2)CCN3CC(C)C)cc1. The van der Waals surface area contributed by atoms with Crippen LogP contribution >= 0.6 is 0 Å². The number of imidazole rings is 1. The van der Waals surface area contributed by atoms with E-state index < -0.39 is 11.2 Å². The molecule has 0 radical (unpaired) electrons. The van der Waals surface area contributed by atoms with Gasteiger partial charge in [0, 0.05) is 66.6 Å². The van der Waals surface area contributed by atoms with Crippen LogP contribution in [-0.2, 0) is 33.5 Å². The summed E-state index contributed by atoms with van der Waals surface area (Å²) in [5.74, 6) is 1.54. The molecule has 0 aliphatic carbocycles. The number of unbranched alkanes of at least 4 members (excludes halogenated alkanes) is 1. The Morgan fingerprint density at radius 3 is 2.49 bits per heavy atom. The summed E-state index contributed by atoms with van der Waals surface area (Å²) >= 11 is -1.25. The molecule has 1 atom stereocenters. The Balaban J connectivity index is 1.28. The molecular formula is C38H46N4O4S. The molecule has 0 spiro atoms. The first-order valence-corrected chi connectivity index (χ1v) is 17.8. The van der Waals surface area contributed by atoms with Gasteiger partial charge in [-0.25, -0.2) is 0 Å². The molecule has 1 aliphatic heterocycles. The molecule has 0 bridgehead atoms. The molecular weight excluding hydrogens is 609 g/mol. The Morgan fingerprint density at radius 1 is 1.02 bits per heavy atom. The minimum Gasteiger partial charge on any atom is -0.609 e. The number of hydrogen-bond acceptors (Lipinski definition) is 6. The molecule has 8 nitrogen and oxygen atoms in total. The lowest BCUT2D eigenvalue weighted by molar-refractivity contribution is -0.112. The summed E-state index contributed by atoms with van der Waals surface area (Å²) in [6.07, 6.45) is 8.30. The van der Waals surface area contributed by atoms with Crippen LogP contribution in [0.3, 0.4) is 0 Å². The van der Waals surface area contributed by atoms with Gasteiger partial charge in [0.2, 0.25) is 0 Å². The molecule has 5 rings (SSSR count). The lowest BCUT2D eigenvalue weighted by atomic mass is 10.00.